The maximum absolute atomic E-state index is 5.77. The van der Waals surface area contributed by atoms with Gasteiger partial charge in [0.2, 0.25) is 0 Å². The average Bonchev–Trinajstić information content (AvgIpc) is 2.46. The largest absolute Gasteiger partial charge is 0.389 e. The number of nitrogens with two attached hydrogens (primary N) is 1. The highest BCUT2D eigenvalue weighted by Crippen LogP contribution is 2.22. The van der Waals surface area contributed by atoms with Crippen LogP contribution in [0.5, 0.6) is 0 Å². The molecule has 0 aliphatic rings. The van der Waals surface area contributed by atoms with E-state index in [9.17, 15) is 0 Å². The first-order valence-electron chi connectivity index (χ1n) is 6.46. The number of halogens is 1. The Hall–Kier alpha value is -1.39. The van der Waals surface area contributed by atoms with Gasteiger partial charge >= 0.3 is 0 Å². The molecule has 1 unspecified atom stereocenters. The lowest BCUT2D eigenvalue weighted by atomic mass is 10.0. The zero-order valence-corrected chi connectivity index (χ0v) is 13.7. The van der Waals surface area contributed by atoms with Crippen LogP contribution in [0.3, 0.4) is 0 Å². The Morgan fingerprint density at radius 1 is 1.25 bits per heavy atom. The summed E-state index contributed by atoms with van der Waals surface area (Å²) in [6.07, 6.45) is 0. The van der Waals surface area contributed by atoms with Gasteiger partial charge in [0.25, 0.3) is 0 Å². The van der Waals surface area contributed by atoms with E-state index in [-0.39, 0.29) is 0 Å². The number of nitrogens with one attached hydrogen (secondary N) is 1. The zero-order chi connectivity index (χ0) is 14.5. The van der Waals surface area contributed by atoms with E-state index in [4.69, 9.17) is 18.0 Å². The van der Waals surface area contributed by atoms with E-state index in [1.807, 2.05) is 24.3 Å². The molecule has 0 saturated carbocycles. The first-order chi connectivity index (χ1) is 9.58. The van der Waals surface area contributed by atoms with E-state index < -0.39 is 0 Å². The maximum atomic E-state index is 5.77. The summed E-state index contributed by atoms with van der Waals surface area (Å²) in [6, 6.07) is 16.4. The van der Waals surface area contributed by atoms with Crippen LogP contribution in [0.2, 0.25) is 0 Å². The van der Waals surface area contributed by atoms with Crippen molar-refractivity contribution in [3.05, 3.63) is 64.1 Å². The van der Waals surface area contributed by atoms with Gasteiger partial charge in [0.15, 0.2) is 0 Å². The van der Waals surface area contributed by atoms with E-state index in [1.165, 1.54) is 5.56 Å². The Morgan fingerprint density at radius 2 is 1.95 bits per heavy atom. The molecule has 2 nitrogen and oxygen atoms in total. The van der Waals surface area contributed by atoms with Gasteiger partial charge in [-0.3, -0.25) is 0 Å². The quantitative estimate of drug-likeness (QED) is 0.791. The number of anilines is 1. The number of rotatable bonds is 5. The summed E-state index contributed by atoms with van der Waals surface area (Å²) in [4.78, 5) is 0.404. The predicted octanol–water partition coefficient (Wildman–Crippen LogP) is 4.30. The van der Waals surface area contributed by atoms with Gasteiger partial charge in [0.05, 0.1) is 0 Å². The molecule has 0 aliphatic heterocycles. The smallest absolute Gasteiger partial charge is 0.106 e. The van der Waals surface area contributed by atoms with Crippen molar-refractivity contribution in [2.45, 2.75) is 12.8 Å². The van der Waals surface area contributed by atoms with E-state index in [0.717, 1.165) is 22.3 Å². The number of thiocarbonyl (C=S) groups is 1. The molecule has 2 rings (SSSR count). The molecule has 104 valence electrons. The van der Waals surface area contributed by atoms with Crippen LogP contribution in [0.4, 0.5) is 5.69 Å². The Bertz CT molecular complexity index is 599. The molecule has 0 aromatic heterocycles. The second-order valence-corrected chi connectivity index (χ2v) is 6.10. The van der Waals surface area contributed by atoms with Gasteiger partial charge in [-0.1, -0.05) is 65.4 Å². The molecule has 0 bridgehead atoms. The van der Waals surface area contributed by atoms with Crippen LogP contribution >= 0.6 is 28.1 Å². The van der Waals surface area contributed by atoms with Crippen LogP contribution in [0, 0.1) is 0 Å². The van der Waals surface area contributed by atoms with Crippen molar-refractivity contribution in [3.8, 4) is 0 Å². The average molecular weight is 349 g/mol. The van der Waals surface area contributed by atoms with Gasteiger partial charge < -0.3 is 11.1 Å². The van der Waals surface area contributed by atoms with E-state index in [0.29, 0.717) is 10.9 Å². The van der Waals surface area contributed by atoms with Gasteiger partial charge in [-0.15, -0.1) is 0 Å². The molecule has 0 radical (unpaired) electrons. The number of hydrogen-bond acceptors (Lipinski definition) is 2. The van der Waals surface area contributed by atoms with Gasteiger partial charge in [-0.2, -0.15) is 0 Å². The summed E-state index contributed by atoms with van der Waals surface area (Å²) in [5.41, 5.74) is 8.93. The fraction of sp³-hybridized carbons (Fsp3) is 0.188. The predicted molar refractivity (Wildman–Crippen MR) is 93.4 cm³/mol. The molecule has 0 aliphatic carbocycles. The van der Waals surface area contributed by atoms with Crippen LogP contribution < -0.4 is 11.1 Å². The topological polar surface area (TPSA) is 38.0 Å². The van der Waals surface area contributed by atoms with Crippen LogP contribution in [0.25, 0.3) is 0 Å². The fourth-order valence-corrected chi connectivity index (χ4v) is 2.57. The summed E-state index contributed by atoms with van der Waals surface area (Å²) >= 11 is 8.54. The standard InChI is InChI=1S/C16H17BrN2S/c1-11(12-5-3-2-4-6-12)10-19-15-8-7-13(17)9-14(15)16(18)20/h2-9,11,19H,10H2,1H3,(H2,18,20). The third-order valence-corrected chi connectivity index (χ3v) is 3.93. The third kappa shape index (κ3) is 3.81. The van der Waals surface area contributed by atoms with Crippen molar-refractivity contribution in [2.24, 2.45) is 5.73 Å². The molecule has 3 N–H and O–H groups in total. The van der Waals surface area contributed by atoms with Gasteiger partial charge in [0, 0.05) is 22.3 Å². The highest BCUT2D eigenvalue weighted by atomic mass is 79.9. The molecule has 0 heterocycles. The Balaban J connectivity index is 2.09. The Kier molecular flexibility index (Phi) is 5.15. The highest BCUT2D eigenvalue weighted by Gasteiger charge is 2.09. The van der Waals surface area contributed by atoms with Crippen molar-refractivity contribution in [3.63, 3.8) is 0 Å². The van der Waals surface area contributed by atoms with Crippen molar-refractivity contribution in [1.82, 2.24) is 0 Å². The van der Waals surface area contributed by atoms with E-state index in [2.05, 4.69) is 52.4 Å². The monoisotopic (exact) mass is 348 g/mol. The van der Waals surface area contributed by atoms with E-state index in [1.54, 1.807) is 0 Å². The molecule has 1 atom stereocenters. The van der Waals surface area contributed by atoms with Crippen LogP contribution in [0.1, 0.15) is 24.0 Å². The van der Waals surface area contributed by atoms with Crippen molar-refractivity contribution < 1.29 is 0 Å². The lowest BCUT2D eigenvalue weighted by Gasteiger charge is -2.16. The van der Waals surface area contributed by atoms with Crippen LogP contribution in [0.15, 0.2) is 53.0 Å². The Labute approximate surface area is 133 Å². The molecule has 20 heavy (non-hydrogen) atoms. The normalized spacial score (nSPS) is 11.9. The minimum atomic E-state index is 0.404. The van der Waals surface area contributed by atoms with E-state index >= 15 is 0 Å². The lowest BCUT2D eigenvalue weighted by molar-refractivity contribution is 0.805. The first-order valence-corrected chi connectivity index (χ1v) is 7.66. The summed E-state index contributed by atoms with van der Waals surface area (Å²) in [6.45, 7) is 3.03. The minimum absolute atomic E-state index is 0.404. The number of hydrogen-bond donors (Lipinski definition) is 2. The minimum Gasteiger partial charge on any atom is -0.389 e. The molecule has 0 spiro atoms. The second-order valence-electron chi connectivity index (χ2n) is 4.75. The van der Waals surface area contributed by atoms with Crippen molar-refractivity contribution in [1.29, 1.82) is 0 Å². The van der Waals surface area contributed by atoms with Crippen molar-refractivity contribution in [2.75, 3.05) is 11.9 Å². The third-order valence-electron chi connectivity index (χ3n) is 3.21. The van der Waals surface area contributed by atoms with Crippen molar-refractivity contribution >= 4 is 38.8 Å². The molecule has 0 amide bonds. The van der Waals surface area contributed by atoms with Gasteiger partial charge in [-0.05, 0) is 29.7 Å². The molecular weight excluding hydrogens is 332 g/mol. The van der Waals surface area contributed by atoms with Gasteiger partial charge in [0.1, 0.15) is 4.99 Å². The SMILES string of the molecule is CC(CNc1ccc(Br)cc1C(N)=S)c1ccccc1. The first kappa shape index (κ1) is 15.0. The second kappa shape index (κ2) is 6.86. The molecule has 0 saturated heterocycles. The Morgan fingerprint density at radius 3 is 2.60 bits per heavy atom. The molecule has 2 aromatic carbocycles. The van der Waals surface area contributed by atoms with Gasteiger partial charge in [-0.25, -0.2) is 0 Å². The van der Waals surface area contributed by atoms with Crippen LogP contribution in [-0.2, 0) is 0 Å². The maximum Gasteiger partial charge on any atom is 0.106 e. The fourth-order valence-electron chi connectivity index (χ4n) is 2.04. The zero-order valence-electron chi connectivity index (χ0n) is 11.3. The summed E-state index contributed by atoms with van der Waals surface area (Å²) in [7, 11) is 0. The summed E-state index contributed by atoms with van der Waals surface area (Å²) < 4.78 is 0.974. The summed E-state index contributed by atoms with van der Waals surface area (Å²) in [5.74, 6) is 0.416. The molecule has 2 aromatic rings. The number of benzene rings is 2. The molecule has 0 fully saturated rings. The molecule has 4 heteroatoms. The highest BCUT2D eigenvalue weighted by molar-refractivity contribution is 9.10. The summed E-state index contributed by atoms with van der Waals surface area (Å²) in [5, 5.41) is 3.43. The lowest BCUT2D eigenvalue weighted by Crippen LogP contribution is -2.16. The van der Waals surface area contributed by atoms with Crippen LogP contribution in [-0.4, -0.2) is 11.5 Å². The molecular formula is C16H17BrN2S.